The van der Waals surface area contributed by atoms with Crippen LogP contribution in [-0.4, -0.2) is 15.1 Å². The van der Waals surface area contributed by atoms with Gasteiger partial charge in [0.05, 0.1) is 15.7 Å². The zero-order valence-corrected chi connectivity index (χ0v) is 8.25. The molecule has 0 aliphatic heterocycles. The molecule has 1 rings (SSSR count). The molecule has 1 N–H and O–H groups in total. The highest BCUT2D eigenvalue weighted by Gasteiger charge is 2.05. The van der Waals surface area contributed by atoms with E-state index in [1.54, 1.807) is 24.3 Å². The molecule has 0 aliphatic rings. The molecule has 0 aromatic heterocycles. The Kier molecular flexibility index (Phi) is 3.71. The number of phenolic OH excluding ortho intramolecular Hbond substituents is 1. The second kappa shape index (κ2) is 4.82. The summed E-state index contributed by atoms with van der Waals surface area (Å²) in [5, 5.41) is 9.36. The van der Waals surface area contributed by atoms with Crippen molar-refractivity contribution in [1.82, 2.24) is 0 Å². The van der Waals surface area contributed by atoms with E-state index in [1.165, 1.54) is 0 Å². The lowest BCUT2D eigenvalue weighted by atomic mass is 10.3. The van der Waals surface area contributed by atoms with Crippen molar-refractivity contribution < 1.29 is 9.32 Å². The van der Waals surface area contributed by atoms with E-state index in [0.717, 1.165) is 0 Å². The fraction of sp³-hybridized carbons (Fsp3) is 0.200. The largest absolute Gasteiger partial charge is 0.507 e. The van der Waals surface area contributed by atoms with Gasteiger partial charge >= 0.3 is 0 Å². The Bertz CT molecular complexity index is 331. The first-order valence-electron chi connectivity index (χ1n) is 4.03. The van der Waals surface area contributed by atoms with Crippen molar-refractivity contribution in [3.63, 3.8) is 0 Å². The van der Waals surface area contributed by atoms with Gasteiger partial charge in [0.1, 0.15) is 5.75 Å². The minimum atomic E-state index is -1.13. The number of hydrogen-bond acceptors (Lipinski definition) is 2. The van der Waals surface area contributed by atoms with Crippen LogP contribution in [0.4, 0.5) is 0 Å². The third kappa shape index (κ3) is 2.70. The molecule has 0 spiro atoms. The van der Waals surface area contributed by atoms with E-state index in [9.17, 15) is 9.32 Å². The van der Waals surface area contributed by atoms with Gasteiger partial charge in [0.25, 0.3) is 0 Å². The quantitative estimate of drug-likeness (QED) is 0.751. The molecule has 0 aliphatic carbocycles. The lowest BCUT2D eigenvalue weighted by Gasteiger charge is -2.00. The Balaban J connectivity index is 2.83. The predicted molar refractivity (Wildman–Crippen MR) is 54.2 cm³/mol. The Labute approximate surface area is 80.4 Å². The van der Waals surface area contributed by atoms with Crippen molar-refractivity contribution in [3.05, 3.63) is 36.4 Å². The number of allylic oxidation sites excluding steroid dienone is 1. The molecule has 70 valence electrons. The molecule has 1 atom stereocenters. The fourth-order valence-corrected chi connectivity index (χ4v) is 2.00. The van der Waals surface area contributed by atoms with Gasteiger partial charge in [-0.2, -0.15) is 0 Å². The first-order chi connectivity index (χ1) is 6.25. The van der Waals surface area contributed by atoms with E-state index in [0.29, 0.717) is 10.6 Å². The molecule has 1 aromatic rings. The van der Waals surface area contributed by atoms with Crippen molar-refractivity contribution in [3.8, 4) is 5.75 Å². The van der Waals surface area contributed by atoms with Crippen LogP contribution in [0.2, 0.25) is 0 Å². The number of phenols is 1. The van der Waals surface area contributed by atoms with Gasteiger partial charge in [-0.1, -0.05) is 24.3 Å². The first kappa shape index (κ1) is 9.99. The summed E-state index contributed by atoms with van der Waals surface area (Å²) in [6, 6.07) is 6.70. The van der Waals surface area contributed by atoms with Crippen molar-refractivity contribution in [2.75, 3.05) is 5.75 Å². The van der Waals surface area contributed by atoms with Crippen LogP contribution in [0.15, 0.2) is 41.3 Å². The van der Waals surface area contributed by atoms with Crippen molar-refractivity contribution >= 4 is 10.8 Å². The zero-order valence-electron chi connectivity index (χ0n) is 7.43. The third-order valence-electron chi connectivity index (χ3n) is 1.59. The highest BCUT2D eigenvalue weighted by Crippen LogP contribution is 2.19. The standard InChI is InChI=1S/C10H12O2S/c1-2-3-8-13(12)10-7-5-4-6-9(10)11/h2-7,11H,8H2,1H3/b3-2+. The maximum Gasteiger partial charge on any atom is 0.131 e. The average molecular weight is 196 g/mol. The summed E-state index contributed by atoms with van der Waals surface area (Å²) in [4.78, 5) is 0.501. The summed E-state index contributed by atoms with van der Waals surface area (Å²) >= 11 is 0. The maximum absolute atomic E-state index is 11.5. The highest BCUT2D eigenvalue weighted by atomic mass is 32.2. The molecule has 3 heteroatoms. The molecule has 0 radical (unpaired) electrons. The molecule has 1 aromatic carbocycles. The van der Waals surface area contributed by atoms with Crippen LogP contribution in [0.1, 0.15) is 6.92 Å². The van der Waals surface area contributed by atoms with Gasteiger partial charge in [-0.15, -0.1) is 0 Å². The molecule has 13 heavy (non-hydrogen) atoms. The summed E-state index contributed by atoms with van der Waals surface area (Å²) in [5.41, 5.74) is 0. The SMILES string of the molecule is C/C=C/CS(=O)c1ccccc1O. The summed E-state index contributed by atoms with van der Waals surface area (Å²) in [6.07, 6.45) is 3.67. The van der Waals surface area contributed by atoms with Gasteiger partial charge in [-0.3, -0.25) is 4.21 Å². The molecule has 1 unspecified atom stereocenters. The van der Waals surface area contributed by atoms with Crippen molar-refractivity contribution in [1.29, 1.82) is 0 Å². The molecule has 0 bridgehead atoms. The van der Waals surface area contributed by atoms with Crippen LogP contribution >= 0.6 is 0 Å². The number of aromatic hydroxyl groups is 1. The van der Waals surface area contributed by atoms with Gasteiger partial charge in [-0.05, 0) is 19.1 Å². The van der Waals surface area contributed by atoms with Crippen LogP contribution < -0.4 is 0 Å². The van der Waals surface area contributed by atoms with Crippen LogP contribution in [0.3, 0.4) is 0 Å². The summed E-state index contributed by atoms with van der Waals surface area (Å²) in [6.45, 7) is 1.88. The number of para-hydroxylation sites is 1. The van der Waals surface area contributed by atoms with Crippen LogP contribution in [0, 0.1) is 0 Å². The van der Waals surface area contributed by atoms with Gasteiger partial charge in [0, 0.05) is 5.75 Å². The molecule has 0 saturated heterocycles. The minimum absolute atomic E-state index is 0.102. The van der Waals surface area contributed by atoms with E-state index in [4.69, 9.17) is 0 Å². The van der Waals surface area contributed by atoms with E-state index in [1.807, 2.05) is 19.1 Å². The Morgan fingerprint density at radius 3 is 2.77 bits per heavy atom. The molecule has 0 fully saturated rings. The second-order valence-electron chi connectivity index (χ2n) is 2.55. The van der Waals surface area contributed by atoms with Crippen molar-refractivity contribution in [2.45, 2.75) is 11.8 Å². The average Bonchev–Trinajstić information content (AvgIpc) is 2.15. The minimum Gasteiger partial charge on any atom is -0.507 e. The topological polar surface area (TPSA) is 37.3 Å². The van der Waals surface area contributed by atoms with Gasteiger partial charge in [-0.25, -0.2) is 0 Å². The molecule has 2 nitrogen and oxygen atoms in total. The summed E-state index contributed by atoms with van der Waals surface area (Å²) in [7, 11) is -1.13. The van der Waals surface area contributed by atoms with Gasteiger partial charge in [0.2, 0.25) is 0 Å². The molecule has 0 saturated carbocycles. The zero-order chi connectivity index (χ0) is 9.68. The number of benzene rings is 1. The first-order valence-corrected chi connectivity index (χ1v) is 5.35. The van der Waals surface area contributed by atoms with E-state index >= 15 is 0 Å². The molecular weight excluding hydrogens is 184 g/mol. The molecular formula is C10H12O2S. The lowest BCUT2D eigenvalue weighted by molar-refractivity contribution is 0.461. The van der Waals surface area contributed by atoms with Gasteiger partial charge < -0.3 is 5.11 Å². The lowest BCUT2D eigenvalue weighted by Crippen LogP contribution is -1.94. The van der Waals surface area contributed by atoms with Gasteiger partial charge in [0.15, 0.2) is 0 Å². The summed E-state index contributed by atoms with van der Waals surface area (Å²) in [5.74, 6) is 0.555. The Morgan fingerprint density at radius 2 is 2.15 bits per heavy atom. The van der Waals surface area contributed by atoms with E-state index < -0.39 is 10.8 Å². The van der Waals surface area contributed by atoms with Crippen LogP contribution in [0.25, 0.3) is 0 Å². The fourth-order valence-electron chi connectivity index (χ4n) is 0.923. The highest BCUT2D eigenvalue weighted by molar-refractivity contribution is 7.85. The van der Waals surface area contributed by atoms with Crippen LogP contribution in [0.5, 0.6) is 5.75 Å². The van der Waals surface area contributed by atoms with Crippen molar-refractivity contribution in [2.24, 2.45) is 0 Å². The number of hydrogen-bond donors (Lipinski definition) is 1. The normalized spacial score (nSPS) is 13.3. The van der Waals surface area contributed by atoms with Crippen LogP contribution in [-0.2, 0) is 10.8 Å². The summed E-state index contributed by atoms with van der Waals surface area (Å²) < 4.78 is 11.5. The maximum atomic E-state index is 11.5. The Morgan fingerprint density at radius 1 is 1.46 bits per heavy atom. The third-order valence-corrected chi connectivity index (χ3v) is 2.92. The Hall–Kier alpha value is -1.09. The monoisotopic (exact) mass is 196 g/mol. The second-order valence-corrected chi connectivity index (χ2v) is 4.01. The number of rotatable bonds is 3. The molecule has 0 amide bonds. The smallest absolute Gasteiger partial charge is 0.131 e. The van der Waals surface area contributed by atoms with E-state index in [2.05, 4.69) is 0 Å². The predicted octanol–water partition coefficient (Wildman–Crippen LogP) is 2.08. The molecule has 0 heterocycles. The van der Waals surface area contributed by atoms with E-state index in [-0.39, 0.29) is 5.75 Å².